The van der Waals surface area contributed by atoms with E-state index in [0.29, 0.717) is 24.4 Å². The Morgan fingerprint density at radius 1 is 1.47 bits per heavy atom. The lowest BCUT2D eigenvalue weighted by atomic mass is 9.97. The standard InChI is InChI=1S/C12H19N3O2/c1-4-15(5-2)10-8-7-9(14-13)12(11(10)16)17-6-3/h8,12H,4-7H2,1-3H3. The van der Waals surface area contributed by atoms with E-state index in [1.807, 2.05) is 25.7 Å². The summed E-state index contributed by atoms with van der Waals surface area (Å²) in [6, 6.07) is 0. The zero-order valence-corrected chi connectivity index (χ0v) is 10.6. The SMILES string of the molecule is CCOC1C(=O)C(N(CC)CC)=CCC1=[N+]=[N-]. The van der Waals surface area contributed by atoms with Crippen molar-refractivity contribution < 1.29 is 14.3 Å². The predicted octanol–water partition coefficient (Wildman–Crippen LogP) is 1.26. The second-order valence-electron chi connectivity index (χ2n) is 3.76. The fraction of sp³-hybridized carbons (Fsp3) is 0.667. The minimum Gasteiger partial charge on any atom is -0.369 e. The molecule has 0 aromatic rings. The molecule has 5 nitrogen and oxygen atoms in total. The number of likely N-dealkylation sites (N-methyl/N-ethyl adjacent to an activating group) is 1. The van der Waals surface area contributed by atoms with E-state index >= 15 is 0 Å². The quantitative estimate of drug-likeness (QED) is 0.534. The van der Waals surface area contributed by atoms with Gasteiger partial charge in [-0.25, -0.2) is 0 Å². The van der Waals surface area contributed by atoms with Crippen molar-refractivity contribution in [3.8, 4) is 0 Å². The maximum absolute atomic E-state index is 12.2. The molecule has 0 fully saturated rings. The largest absolute Gasteiger partial charge is 0.369 e. The maximum atomic E-state index is 12.2. The number of hydrogen-bond donors (Lipinski definition) is 0. The molecule has 1 rings (SSSR count). The lowest BCUT2D eigenvalue weighted by Gasteiger charge is -2.27. The Morgan fingerprint density at radius 2 is 2.12 bits per heavy atom. The van der Waals surface area contributed by atoms with Crippen LogP contribution in [0.3, 0.4) is 0 Å². The molecule has 0 bridgehead atoms. The highest BCUT2D eigenvalue weighted by atomic mass is 16.5. The molecule has 0 aliphatic heterocycles. The number of nitrogens with zero attached hydrogens (tertiary/aromatic N) is 3. The molecule has 94 valence electrons. The molecule has 0 radical (unpaired) electrons. The van der Waals surface area contributed by atoms with Crippen molar-refractivity contribution in [2.45, 2.75) is 33.3 Å². The van der Waals surface area contributed by atoms with Gasteiger partial charge in [0.1, 0.15) is 0 Å². The fourth-order valence-electron chi connectivity index (χ4n) is 1.98. The van der Waals surface area contributed by atoms with E-state index in [1.165, 1.54) is 0 Å². The maximum Gasteiger partial charge on any atom is 0.309 e. The molecule has 1 aliphatic carbocycles. The third-order valence-corrected chi connectivity index (χ3v) is 2.86. The summed E-state index contributed by atoms with van der Waals surface area (Å²) in [5.74, 6) is -0.116. The normalized spacial score (nSPS) is 19.9. The van der Waals surface area contributed by atoms with E-state index in [-0.39, 0.29) is 5.78 Å². The number of hydrogen-bond acceptors (Lipinski definition) is 3. The first-order valence-corrected chi connectivity index (χ1v) is 6.01. The van der Waals surface area contributed by atoms with Gasteiger partial charge in [-0.3, -0.25) is 4.79 Å². The number of carbonyl (C=O) groups excluding carboxylic acids is 1. The van der Waals surface area contributed by atoms with Gasteiger partial charge in [-0.15, -0.1) is 0 Å². The van der Waals surface area contributed by atoms with Gasteiger partial charge in [0.15, 0.2) is 0 Å². The molecule has 0 heterocycles. The molecule has 5 heteroatoms. The van der Waals surface area contributed by atoms with Crippen LogP contribution in [0.4, 0.5) is 0 Å². The summed E-state index contributed by atoms with van der Waals surface area (Å²) in [6.45, 7) is 7.79. The Balaban J connectivity index is 3.00. The highest BCUT2D eigenvalue weighted by molar-refractivity contribution is 6.15. The first-order valence-electron chi connectivity index (χ1n) is 6.01. The molecule has 17 heavy (non-hydrogen) atoms. The highest BCUT2D eigenvalue weighted by Gasteiger charge is 2.38. The zero-order chi connectivity index (χ0) is 12.8. The van der Waals surface area contributed by atoms with Gasteiger partial charge in [0.25, 0.3) is 0 Å². The molecule has 0 N–H and O–H groups in total. The van der Waals surface area contributed by atoms with E-state index in [1.54, 1.807) is 6.08 Å². The number of Topliss-reactive ketones (excluding diaryl/α,β-unsaturated/α-hetero) is 1. The van der Waals surface area contributed by atoms with Crippen LogP contribution in [-0.4, -0.2) is 47.0 Å². The van der Waals surface area contributed by atoms with Crippen LogP contribution in [0.5, 0.6) is 0 Å². The van der Waals surface area contributed by atoms with Gasteiger partial charge in [0.05, 0.1) is 12.1 Å². The van der Waals surface area contributed by atoms with Crippen LogP contribution >= 0.6 is 0 Å². The van der Waals surface area contributed by atoms with E-state index in [2.05, 4.69) is 4.79 Å². The molecule has 1 atom stereocenters. The van der Waals surface area contributed by atoms with Crippen LogP contribution in [0.2, 0.25) is 0 Å². The fourth-order valence-corrected chi connectivity index (χ4v) is 1.98. The third kappa shape index (κ3) is 2.81. The van der Waals surface area contributed by atoms with Crippen molar-refractivity contribution in [3.05, 3.63) is 17.3 Å². The van der Waals surface area contributed by atoms with E-state index < -0.39 is 6.10 Å². The smallest absolute Gasteiger partial charge is 0.309 e. The van der Waals surface area contributed by atoms with Gasteiger partial charge in [-0.1, -0.05) is 0 Å². The Morgan fingerprint density at radius 3 is 2.59 bits per heavy atom. The van der Waals surface area contributed by atoms with Gasteiger partial charge < -0.3 is 15.2 Å². The van der Waals surface area contributed by atoms with Crippen LogP contribution in [0, 0.1) is 0 Å². The van der Waals surface area contributed by atoms with Crippen molar-refractivity contribution >= 4 is 11.5 Å². The molecular weight excluding hydrogens is 218 g/mol. The van der Waals surface area contributed by atoms with Crippen molar-refractivity contribution in [1.82, 2.24) is 4.90 Å². The third-order valence-electron chi connectivity index (χ3n) is 2.86. The van der Waals surface area contributed by atoms with Gasteiger partial charge in [-0.05, 0) is 26.8 Å². The zero-order valence-electron chi connectivity index (χ0n) is 10.6. The lowest BCUT2D eigenvalue weighted by Crippen LogP contribution is -2.42. The van der Waals surface area contributed by atoms with Crippen molar-refractivity contribution in [2.75, 3.05) is 19.7 Å². The number of rotatable bonds is 5. The molecule has 0 aromatic carbocycles. The molecule has 0 spiro atoms. The van der Waals surface area contributed by atoms with Crippen molar-refractivity contribution in [2.24, 2.45) is 0 Å². The van der Waals surface area contributed by atoms with Gasteiger partial charge in [0, 0.05) is 19.7 Å². The summed E-state index contributed by atoms with van der Waals surface area (Å²) in [6.07, 6.45) is 1.53. The number of ketones is 1. The predicted molar refractivity (Wildman–Crippen MR) is 64.7 cm³/mol. The summed E-state index contributed by atoms with van der Waals surface area (Å²) in [5, 5.41) is 0. The summed E-state index contributed by atoms with van der Waals surface area (Å²) in [7, 11) is 0. The van der Waals surface area contributed by atoms with Crippen LogP contribution < -0.4 is 0 Å². The highest BCUT2D eigenvalue weighted by Crippen LogP contribution is 2.18. The summed E-state index contributed by atoms with van der Waals surface area (Å²) < 4.78 is 5.36. The monoisotopic (exact) mass is 237 g/mol. The summed E-state index contributed by atoms with van der Waals surface area (Å²) in [4.78, 5) is 17.4. The molecular formula is C12H19N3O2. The first kappa shape index (κ1) is 13.6. The Labute approximate surface area is 102 Å². The molecule has 1 unspecified atom stereocenters. The van der Waals surface area contributed by atoms with Crippen LogP contribution in [0.25, 0.3) is 5.53 Å². The summed E-state index contributed by atoms with van der Waals surface area (Å²) >= 11 is 0. The number of ether oxygens (including phenoxy) is 1. The molecule has 0 saturated carbocycles. The Kier molecular flexibility index (Phi) is 5.07. The second-order valence-corrected chi connectivity index (χ2v) is 3.76. The second kappa shape index (κ2) is 6.33. The first-order chi connectivity index (χ1) is 8.19. The van der Waals surface area contributed by atoms with E-state index in [9.17, 15) is 4.79 Å². The Hall–Kier alpha value is -1.45. The number of carbonyl (C=O) groups is 1. The molecule has 0 aromatic heterocycles. The van der Waals surface area contributed by atoms with Crippen molar-refractivity contribution in [3.63, 3.8) is 0 Å². The van der Waals surface area contributed by atoms with Gasteiger partial charge in [-0.2, -0.15) is 4.79 Å². The topological polar surface area (TPSA) is 65.9 Å². The average Bonchev–Trinajstić information content (AvgIpc) is 2.35. The number of allylic oxidation sites excluding steroid dienone is 1. The molecule has 0 saturated heterocycles. The Bertz CT molecular complexity index is 366. The van der Waals surface area contributed by atoms with Crippen LogP contribution in [0.1, 0.15) is 27.2 Å². The minimum atomic E-state index is -0.731. The van der Waals surface area contributed by atoms with Crippen LogP contribution in [-0.2, 0) is 9.53 Å². The van der Waals surface area contributed by atoms with Gasteiger partial charge >= 0.3 is 5.71 Å². The summed E-state index contributed by atoms with van der Waals surface area (Å²) in [5.41, 5.74) is 9.91. The van der Waals surface area contributed by atoms with Gasteiger partial charge in [0.2, 0.25) is 11.9 Å². The lowest BCUT2D eigenvalue weighted by molar-refractivity contribution is -0.127. The van der Waals surface area contributed by atoms with E-state index in [4.69, 9.17) is 10.3 Å². The average molecular weight is 237 g/mol. The minimum absolute atomic E-state index is 0.116. The van der Waals surface area contributed by atoms with Crippen LogP contribution in [0.15, 0.2) is 11.8 Å². The molecule has 1 aliphatic rings. The van der Waals surface area contributed by atoms with E-state index in [0.717, 1.165) is 13.1 Å². The van der Waals surface area contributed by atoms with Crippen molar-refractivity contribution in [1.29, 1.82) is 0 Å². The molecule has 0 amide bonds.